The summed E-state index contributed by atoms with van der Waals surface area (Å²) in [7, 11) is 0. The first-order chi connectivity index (χ1) is 9.74. The van der Waals surface area contributed by atoms with E-state index in [1.165, 1.54) is 5.57 Å². The van der Waals surface area contributed by atoms with Crippen LogP contribution in [0.2, 0.25) is 0 Å². The summed E-state index contributed by atoms with van der Waals surface area (Å²) in [5.74, 6) is 0. The molecule has 1 aliphatic carbocycles. The highest BCUT2D eigenvalue weighted by atomic mass is 14.9. The molecule has 0 bridgehead atoms. The molecule has 0 fully saturated rings. The molecule has 0 radical (unpaired) electrons. The monoisotopic (exact) mass is 261 g/mol. The summed E-state index contributed by atoms with van der Waals surface area (Å²) in [4.78, 5) is 0. The van der Waals surface area contributed by atoms with Gasteiger partial charge in [0, 0.05) is 16.6 Å². The summed E-state index contributed by atoms with van der Waals surface area (Å²) in [6.45, 7) is 11.7. The molecule has 0 atom stereocenters. The Morgan fingerprint density at radius 3 is 2.65 bits per heavy atom. The summed E-state index contributed by atoms with van der Waals surface area (Å²) < 4.78 is 0. The van der Waals surface area contributed by atoms with Crippen molar-refractivity contribution in [1.82, 2.24) is 5.32 Å². The highest BCUT2D eigenvalue weighted by Gasteiger charge is 1.99. The normalized spacial score (nSPS) is 15.6. The number of hydrogen-bond acceptors (Lipinski definition) is 1. The van der Waals surface area contributed by atoms with Crippen LogP contribution in [0, 0.1) is 0 Å². The molecule has 20 heavy (non-hydrogen) atoms. The second-order valence-corrected chi connectivity index (χ2v) is 4.57. The maximum atomic E-state index is 4.06. The van der Waals surface area contributed by atoms with E-state index in [1.807, 2.05) is 36.4 Å². The number of nitrogens with one attached hydrogen (secondary N) is 1. The van der Waals surface area contributed by atoms with Crippen LogP contribution in [-0.2, 0) is 0 Å². The van der Waals surface area contributed by atoms with Crippen molar-refractivity contribution in [3.05, 3.63) is 95.6 Å². The van der Waals surface area contributed by atoms with Gasteiger partial charge in [0.1, 0.15) is 0 Å². The summed E-state index contributed by atoms with van der Waals surface area (Å²) >= 11 is 0. The highest BCUT2D eigenvalue weighted by Crippen LogP contribution is 2.11. The van der Waals surface area contributed by atoms with Gasteiger partial charge in [0.15, 0.2) is 0 Å². The molecule has 1 nitrogen and oxygen atoms in total. The smallest absolute Gasteiger partial charge is 0.0457 e. The van der Waals surface area contributed by atoms with Crippen LogP contribution in [0.25, 0.3) is 12.3 Å². The van der Waals surface area contributed by atoms with Gasteiger partial charge in [-0.2, -0.15) is 0 Å². The molecule has 0 saturated heterocycles. The van der Waals surface area contributed by atoms with Crippen molar-refractivity contribution >= 4 is 12.3 Å². The van der Waals surface area contributed by atoms with Gasteiger partial charge in [0.2, 0.25) is 0 Å². The van der Waals surface area contributed by atoms with Gasteiger partial charge >= 0.3 is 0 Å². The second kappa shape index (κ2) is 6.58. The molecule has 2 rings (SSSR count). The van der Waals surface area contributed by atoms with Crippen molar-refractivity contribution in [2.24, 2.45) is 0 Å². The van der Waals surface area contributed by atoms with Crippen LogP contribution in [0.1, 0.15) is 6.42 Å². The van der Waals surface area contributed by atoms with E-state index in [4.69, 9.17) is 0 Å². The fraction of sp³-hybridized carbons (Fsp3) is 0.0526. The predicted octanol–water partition coefficient (Wildman–Crippen LogP) is 2.94. The number of allylic oxidation sites excluding steroid dienone is 6. The van der Waals surface area contributed by atoms with Crippen LogP contribution in [0.15, 0.2) is 85.1 Å². The van der Waals surface area contributed by atoms with Gasteiger partial charge in [-0.1, -0.05) is 62.2 Å². The van der Waals surface area contributed by atoms with Gasteiger partial charge in [0.25, 0.3) is 0 Å². The molecule has 0 spiro atoms. The van der Waals surface area contributed by atoms with E-state index in [0.717, 1.165) is 28.3 Å². The molecule has 0 unspecified atom stereocenters. The van der Waals surface area contributed by atoms with Crippen LogP contribution >= 0.6 is 0 Å². The molecule has 0 aliphatic heterocycles. The third-order valence-electron chi connectivity index (χ3n) is 3.18. The Hall–Kier alpha value is -2.54. The molecule has 0 aromatic heterocycles. The topological polar surface area (TPSA) is 12.0 Å². The Balaban J connectivity index is 2.40. The zero-order valence-corrected chi connectivity index (χ0v) is 11.6. The number of rotatable bonds is 4. The van der Waals surface area contributed by atoms with Crippen molar-refractivity contribution in [3.8, 4) is 0 Å². The molecule has 1 aliphatic rings. The molecule has 1 aromatic rings. The van der Waals surface area contributed by atoms with Crippen LogP contribution in [-0.4, -0.2) is 0 Å². The van der Waals surface area contributed by atoms with E-state index in [-0.39, 0.29) is 0 Å². The van der Waals surface area contributed by atoms with Crippen molar-refractivity contribution in [2.75, 3.05) is 0 Å². The minimum Gasteiger partial charge on any atom is -0.355 e. The van der Waals surface area contributed by atoms with E-state index >= 15 is 0 Å². The van der Waals surface area contributed by atoms with Gasteiger partial charge in [0.05, 0.1) is 0 Å². The van der Waals surface area contributed by atoms with E-state index in [9.17, 15) is 0 Å². The Morgan fingerprint density at radius 2 is 1.95 bits per heavy atom. The summed E-state index contributed by atoms with van der Waals surface area (Å²) in [6, 6.07) is 8.02. The second-order valence-electron chi connectivity index (χ2n) is 4.57. The number of hydrogen-bond donors (Lipinski definition) is 1. The lowest BCUT2D eigenvalue weighted by atomic mass is 10.2. The first-order valence-electron chi connectivity index (χ1n) is 6.62. The van der Waals surface area contributed by atoms with E-state index < -0.39 is 0 Å². The van der Waals surface area contributed by atoms with Crippen LogP contribution < -0.4 is 15.8 Å². The van der Waals surface area contributed by atoms with Crippen molar-refractivity contribution in [2.45, 2.75) is 6.42 Å². The molecule has 0 saturated carbocycles. The lowest BCUT2D eigenvalue weighted by Crippen LogP contribution is -2.29. The first-order valence-corrected chi connectivity index (χ1v) is 6.62. The third-order valence-corrected chi connectivity index (χ3v) is 3.18. The average Bonchev–Trinajstić information content (AvgIpc) is 2.70. The van der Waals surface area contributed by atoms with Crippen molar-refractivity contribution < 1.29 is 0 Å². The van der Waals surface area contributed by atoms with E-state index in [0.29, 0.717) is 0 Å². The summed E-state index contributed by atoms with van der Waals surface area (Å²) in [5.41, 5.74) is 3.19. The quantitative estimate of drug-likeness (QED) is 0.878. The average molecular weight is 261 g/mol. The molecule has 1 N–H and O–H groups in total. The Kier molecular flexibility index (Phi) is 4.56. The molecular formula is C19H19N. The Labute approximate surface area is 120 Å². The zero-order valence-electron chi connectivity index (χ0n) is 11.6. The van der Waals surface area contributed by atoms with E-state index in [2.05, 4.69) is 49.4 Å². The number of benzene rings is 1. The minimum atomic E-state index is 0.903. The van der Waals surface area contributed by atoms with Gasteiger partial charge in [-0.15, -0.1) is 0 Å². The van der Waals surface area contributed by atoms with Gasteiger partial charge in [-0.05, 0) is 35.4 Å². The lowest BCUT2D eigenvalue weighted by molar-refractivity contribution is 1.13. The molecule has 0 heterocycles. The fourth-order valence-corrected chi connectivity index (χ4v) is 2.04. The summed E-state index contributed by atoms with van der Waals surface area (Å²) in [6.07, 6.45) is 12.9. The van der Waals surface area contributed by atoms with Gasteiger partial charge in [-0.25, -0.2) is 0 Å². The zero-order chi connectivity index (χ0) is 14.4. The van der Waals surface area contributed by atoms with Crippen LogP contribution in [0.5, 0.6) is 0 Å². The maximum absolute atomic E-state index is 4.06. The fourth-order valence-electron chi connectivity index (χ4n) is 2.04. The molecule has 1 heteroatoms. The standard InChI is InChI=1S/C19H19N/c1-4-16-10-8-11-17(14-13-16)20-19(5-2)18-12-7-6-9-15(18)3/h4-9,11-14,20H,1-3,10H2/b19-18+. The first kappa shape index (κ1) is 13.9. The Morgan fingerprint density at radius 1 is 1.15 bits per heavy atom. The largest absolute Gasteiger partial charge is 0.355 e. The van der Waals surface area contributed by atoms with E-state index in [1.54, 1.807) is 0 Å². The molecule has 100 valence electrons. The van der Waals surface area contributed by atoms with Crippen LogP contribution in [0.3, 0.4) is 0 Å². The van der Waals surface area contributed by atoms with Gasteiger partial charge in [-0.3, -0.25) is 0 Å². The Bertz CT molecular complexity index is 714. The molecular weight excluding hydrogens is 242 g/mol. The molecule has 0 amide bonds. The predicted molar refractivity (Wildman–Crippen MR) is 88.1 cm³/mol. The highest BCUT2D eigenvalue weighted by molar-refractivity contribution is 5.57. The van der Waals surface area contributed by atoms with Crippen LogP contribution in [0.4, 0.5) is 0 Å². The van der Waals surface area contributed by atoms with Gasteiger partial charge < -0.3 is 5.32 Å². The minimum absolute atomic E-state index is 0.903. The van der Waals surface area contributed by atoms with Crippen molar-refractivity contribution in [1.29, 1.82) is 0 Å². The SMILES string of the molecule is C=CC1=CC=C(N/C(C=C)=c2\ccccc2=C)C=CC1. The lowest BCUT2D eigenvalue weighted by Gasteiger charge is -2.08. The molecule has 1 aromatic carbocycles. The third kappa shape index (κ3) is 3.27. The van der Waals surface area contributed by atoms with Crippen molar-refractivity contribution in [3.63, 3.8) is 0 Å². The summed E-state index contributed by atoms with van der Waals surface area (Å²) in [5, 5.41) is 5.45. The maximum Gasteiger partial charge on any atom is 0.0457 e.